The highest BCUT2D eigenvalue weighted by Crippen LogP contribution is 2.20. The van der Waals surface area contributed by atoms with Gasteiger partial charge in [0.1, 0.15) is 5.75 Å². The maximum absolute atomic E-state index is 12.5. The number of aromatic carboxylic acids is 1. The number of hydrogen-bond acceptors (Lipinski definition) is 6. The molecule has 29 heavy (non-hydrogen) atoms. The fourth-order valence-corrected chi connectivity index (χ4v) is 3.24. The number of piperazine rings is 1. The number of benzene rings is 1. The maximum Gasteiger partial charge on any atom is 0.415 e. The Morgan fingerprint density at radius 1 is 1.03 bits per heavy atom. The molecule has 1 saturated heterocycles. The molecule has 1 N–H and O–H groups in total. The molecule has 0 unspecified atom stereocenters. The lowest BCUT2D eigenvalue weighted by atomic mass is 10.2. The Kier molecular flexibility index (Phi) is 5.35. The minimum absolute atomic E-state index is 0.171. The second-order valence-electron chi connectivity index (χ2n) is 6.83. The highest BCUT2D eigenvalue weighted by atomic mass is 16.6. The molecular formula is C21H20N4O4. The predicted octanol–water partition coefficient (Wildman–Crippen LogP) is 2.64. The second-order valence-corrected chi connectivity index (χ2v) is 6.83. The minimum atomic E-state index is -0.988. The van der Waals surface area contributed by atoms with E-state index in [2.05, 4.69) is 14.9 Å². The molecule has 0 saturated carbocycles. The van der Waals surface area contributed by atoms with Gasteiger partial charge in [-0.1, -0.05) is 6.07 Å². The molecule has 148 valence electrons. The number of fused-ring (bicyclic) bond motifs is 1. The summed E-state index contributed by atoms with van der Waals surface area (Å²) in [6, 6.07) is 12.5. The third kappa shape index (κ3) is 4.49. The van der Waals surface area contributed by atoms with Crippen LogP contribution in [0.5, 0.6) is 5.75 Å². The van der Waals surface area contributed by atoms with E-state index >= 15 is 0 Å². The first-order valence-corrected chi connectivity index (χ1v) is 9.30. The van der Waals surface area contributed by atoms with Crippen LogP contribution in [0.1, 0.15) is 16.1 Å². The number of carboxylic acids is 1. The van der Waals surface area contributed by atoms with Crippen LogP contribution in [0.25, 0.3) is 10.9 Å². The highest BCUT2D eigenvalue weighted by molar-refractivity contribution is 5.87. The van der Waals surface area contributed by atoms with Crippen molar-refractivity contribution in [2.75, 3.05) is 26.2 Å². The smallest absolute Gasteiger partial charge is 0.415 e. The van der Waals surface area contributed by atoms with Crippen molar-refractivity contribution in [3.05, 3.63) is 66.1 Å². The van der Waals surface area contributed by atoms with Crippen molar-refractivity contribution < 1.29 is 19.4 Å². The average molecular weight is 392 g/mol. The van der Waals surface area contributed by atoms with E-state index in [1.54, 1.807) is 35.4 Å². The molecule has 0 spiro atoms. The molecule has 1 aliphatic rings. The summed E-state index contributed by atoms with van der Waals surface area (Å²) in [7, 11) is 0. The third-order valence-corrected chi connectivity index (χ3v) is 4.87. The van der Waals surface area contributed by atoms with Gasteiger partial charge >= 0.3 is 12.1 Å². The van der Waals surface area contributed by atoms with Gasteiger partial charge in [-0.15, -0.1) is 0 Å². The molecule has 0 radical (unpaired) electrons. The van der Waals surface area contributed by atoms with Crippen molar-refractivity contribution in [3.63, 3.8) is 0 Å². The monoisotopic (exact) mass is 392 g/mol. The summed E-state index contributed by atoms with van der Waals surface area (Å²) in [6.45, 7) is 3.10. The third-order valence-electron chi connectivity index (χ3n) is 4.87. The van der Waals surface area contributed by atoms with Gasteiger partial charge in [0.05, 0.1) is 16.8 Å². The molecule has 1 fully saturated rings. The van der Waals surface area contributed by atoms with Gasteiger partial charge in [-0.05, 0) is 30.3 Å². The van der Waals surface area contributed by atoms with Gasteiger partial charge in [-0.25, -0.2) is 9.59 Å². The molecule has 0 atom stereocenters. The fraction of sp³-hybridized carbons (Fsp3) is 0.238. The van der Waals surface area contributed by atoms with E-state index in [-0.39, 0.29) is 11.7 Å². The Morgan fingerprint density at radius 2 is 1.86 bits per heavy atom. The number of pyridine rings is 2. The standard InChI is InChI=1S/C21H20N4O4/c26-20(27)16-3-5-17(23-13-16)14-24-8-10-25(11-9-24)21(28)29-18-6-4-15-2-1-7-22-19(15)12-18/h1-7,12-13H,8-11,14H2,(H,26,27). The molecule has 4 rings (SSSR count). The number of ether oxygens (including phenoxy) is 1. The molecule has 0 aliphatic carbocycles. The molecule has 1 amide bonds. The lowest BCUT2D eigenvalue weighted by Crippen LogP contribution is -2.49. The predicted molar refractivity (Wildman–Crippen MR) is 106 cm³/mol. The fourth-order valence-electron chi connectivity index (χ4n) is 3.24. The summed E-state index contributed by atoms with van der Waals surface area (Å²) in [5.74, 6) is -0.510. The van der Waals surface area contributed by atoms with E-state index in [4.69, 9.17) is 9.84 Å². The van der Waals surface area contributed by atoms with Gasteiger partial charge in [-0.3, -0.25) is 14.9 Å². The lowest BCUT2D eigenvalue weighted by Gasteiger charge is -2.33. The van der Waals surface area contributed by atoms with Crippen LogP contribution in [0.4, 0.5) is 4.79 Å². The zero-order valence-corrected chi connectivity index (χ0v) is 15.7. The van der Waals surface area contributed by atoms with E-state index in [0.717, 1.165) is 16.6 Å². The molecule has 2 aromatic heterocycles. The van der Waals surface area contributed by atoms with Crippen LogP contribution in [0.2, 0.25) is 0 Å². The van der Waals surface area contributed by atoms with Gasteiger partial charge in [0, 0.05) is 56.6 Å². The van der Waals surface area contributed by atoms with Crippen LogP contribution in [0.15, 0.2) is 54.9 Å². The number of amides is 1. The Labute approximate surface area is 167 Å². The number of carbonyl (C=O) groups excluding carboxylic acids is 1. The molecule has 3 aromatic rings. The Balaban J connectivity index is 1.30. The number of aromatic nitrogens is 2. The van der Waals surface area contributed by atoms with Crippen molar-refractivity contribution in [2.45, 2.75) is 6.54 Å². The summed E-state index contributed by atoms with van der Waals surface area (Å²) >= 11 is 0. The van der Waals surface area contributed by atoms with Crippen molar-refractivity contribution in [1.82, 2.24) is 19.8 Å². The molecule has 1 aromatic carbocycles. The van der Waals surface area contributed by atoms with E-state index in [9.17, 15) is 9.59 Å². The summed E-state index contributed by atoms with van der Waals surface area (Å²) in [6.07, 6.45) is 2.70. The summed E-state index contributed by atoms with van der Waals surface area (Å²) < 4.78 is 5.51. The molecular weight excluding hydrogens is 372 g/mol. The van der Waals surface area contributed by atoms with Gasteiger partial charge < -0.3 is 14.7 Å². The van der Waals surface area contributed by atoms with E-state index in [1.807, 2.05) is 18.2 Å². The van der Waals surface area contributed by atoms with E-state index < -0.39 is 5.97 Å². The van der Waals surface area contributed by atoms with Crippen molar-refractivity contribution in [1.29, 1.82) is 0 Å². The van der Waals surface area contributed by atoms with Gasteiger partial charge in [0.15, 0.2) is 0 Å². The summed E-state index contributed by atoms with van der Waals surface area (Å²) in [5.41, 5.74) is 1.75. The zero-order valence-electron chi connectivity index (χ0n) is 15.7. The van der Waals surface area contributed by atoms with Crippen LogP contribution >= 0.6 is 0 Å². The largest absolute Gasteiger partial charge is 0.478 e. The van der Waals surface area contributed by atoms with Crippen LogP contribution in [-0.2, 0) is 6.54 Å². The van der Waals surface area contributed by atoms with Crippen LogP contribution in [0.3, 0.4) is 0 Å². The first-order valence-electron chi connectivity index (χ1n) is 9.30. The van der Waals surface area contributed by atoms with Gasteiger partial charge in [0.2, 0.25) is 0 Å². The summed E-state index contributed by atoms with van der Waals surface area (Å²) in [5, 5.41) is 9.92. The van der Waals surface area contributed by atoms with Gasteiger partial charge in [-0.2, -0.15) is 0 Å². The number of rotatable bonds is 4. The molecule has 3 heterocycles. The lowest BCUT2D eigenvalue weighted by molar-refractivity contribution is 0.0696. The molecule has 8 nitrogen and oxygen atoms in total. The van der Waals surface area contributed by atoms with E-state index in [1.165, 1.54) is 6.20 Å². The molecule has 1 aliphatic heterocycles. The SMILES string of the molecule is O=C(O)c1ccc(CN2CCN(C(=O)Oc3ccc4cccnc4c3)CC2)nc1. The molecule has 8 heteroatoms. The Bertz CT molecular complexity index is 1030. The van der Waals surface area contributed by atoms with Crippen LogP contribution in [-0.4, -0.2) is 63.1 Å². The minimum Gasteiger partial charge on any atom is -0.478 e. The maximum atomic E-state index is 12.5. The van der Waals surface area contributed by atoms with Crippen molar-refractivity contribution in [3.8, 4) is 5.75 Å². The van der Waals surface area contributed by atoms with Crippen molar-refractivity contribution in [2.24, 2.45) is 0 Å². The summed E-state index contributed by atoms with van der Waals surface area (Å²) in [4.78, 5) is 35.7. The first kappa shape index (κ1) is 18.8. The average Bonchev–Trinajstić information content (AvgIpc) is 2.74. The van der Waals surface area contributed by atoms with E-state index in [0.29, 0.717) is 38.5 Å². The molecule has 0 bridgehead atoms. The topological polar surface area (TPSA) is 95.9 Å². The van der Waals surface area contributed by atoms with Crippen molar-refractivity contribution >= 4 is 23.0 Å². The highest BCUT2D eigenvalue weighted by Gasteiger charge is 2.23. The Hall–Kier alpha value is -3.52. The van der Waals surface area contributed by atoms with Crippen LogP contribution in [0, 0.1) is 0 Å². The normalized spacial score (nSPS) is 14.7. The first-order chi connectivity index (χ1) is 14.1. The quantitative estimate of drug-likeness (QED) is 0.729. The number of carbonyl (C=O) groups is 2. The number of carboxylic acid groups (broad SMARTS) is 1. The second kappa shape index (κ2) is 8.24. The number of hydrogen-bond donors (Lipinski definition) is 1. The number of nitrogens with zero attached hydrogens (tertiary/aromatic N) is 4. The zero-order chi connectivity index (χ0) is 20.2. The van der Waals surface area contributed by atoms with Gasteiger partial charge in [0.25, 0.3) is 0 Å². The van der Waals surface area contributed by atoms with Crippen LogP contribution < -0.4 is 4.74 Å². The Morgan fingerprint density at radius 3 is 2.59 bits per heavy atom.